The Labute approximate surface area is 114 Å². The van der Waals surface area contributed by atoms with Gasteiger partial charge in [0.05, 0.1) is 11.4 Å². The van der Waals surface area contributed by atoms with Crippen molar-refractivity contribution in [1.82, 2.24) is 14.7 Å². The summed E-state index contributed by atoms with van der Waals surface area (Å²) in [6.07, 6.45) is 3.08. The molecule has 0 saturated heterocycles. The Balaban J connectivity index is 2.13. The molecule has 19 heavy (non-hydrogen) atoms. The first-order valence-electron chi connectivity index (χ1n) is 5.35. The van der Waals surface area contributed by atoms with Gasteiger partial charge in [-0.25, -0.2) is 29.0 Å². The second-order valence-electron chi connectivity index (χ2n) is 3.71. The third kappa shape index (κ3) is 3.47. The number of rotatable bonds is 5. The first-order chi connectivity index (χ1) is 9.01. The number of pyridine rings is 1. The first-order valence-corrected chi connectivity index (χ1v) is 7.65. The minimum Gasteiger partial charge on any atom is -0.308 e. The van der Waals surface area contributed by atoms with E-state index in [9.17, 15) is 8.42 Å². The fourth-order valence-corrected chi connectivity index (χ4v) is 3.20. The largest absolute Gasteiger partial charge is 0.308 e. The fraction of sp³-hybridized carbons (Fsp3) is 0.200. The number of aryl methyl sites for hydroxylation is 1. The molecule has 4 N–H and O–H groups in total. The Morgan fingerprint density at radius 1 is 1.42 bits per heavy atom. The number of hydrazine groups is 1. The van der Waals surface area contributed by atoms with Crippen LogP contribution in [-0.4, -0.2) is 18.4 Å². The highest BCUT2D eigenvalue weighted by Crippen LogP contribution is 2.14. The van der Waals surface area contributed by atoms with E-state index in [-0.39, 0.29) is 17.3 Å². The Morgan fingerprint density at radius 2 is 2.21 bits per heavy atom. The summed E-state index contributed by atoms with van der Waals surface area (Å²) < 4.78 is 26.6. The van der Waals surface area contributed by atoms with E-state index in [1.165, 1.54) is 29.7 Å². The van der Waals surface area contributed by atoms with Crippen LogP contribution in [0.25, 0.3) is 0 Å². The molecule has 0 aliphatic rings. The summed E-state index contributed by atoms with van der Waals surface area (Å²) in [5, 5.41) is 0.715. The molecule has 0 amide bonds. The van der Waals surface area contributed by atoms with Crippen LogP contribution in [0.4, 0.5) is 5.82 Å². The number of hydrogen-bond donors (Lipinski definition) is 3. The van der Waals surface area contributed by atoms with Crippen LogP contribution in [-0.2, 0) is 16.6 Å². The Morgan fingerprint density at radius 3 is 2.84 bits per heavy atom. The van der Waals surface area contributed by atoms with Crippen molar-refractivity contribution in [3.05, 3.63) is 34.4 Å². The topological polar surface area (TPSA) is 110 Å². The van der Waals surface area contributed by atoms with E-state index in [4.69, 9.17) is 5.84 Å². The van der Waals surface area contributed by atoms with Crippen LogP contribution in [0.3, 0.4) is 0 Å². The van der Waals surface area contributed by atoms with Gasteiger partial charge in [-0.1, -0.05) is 0 Å². The zero-order chi connectivity index (χ0) is 13.9. The van der Waals surface area contributed by atoms with Gasteiger partial charge in [0.1, 0.15) is 10.8 Å². The molecular weight excluding hydrogens is 286 g/mol. The van der Waals surface area contributed by atoms with Crippen molar-refractivity contribution in [2.24, 2.45) is 5.84 Å². The third-order valence-corrected chi connectivity index (χ3v) is 4.58. The lowest BCUT2D eigenvalue weighted by atomic mass is 10.5. The highest BCUT2D eigenvalue weighted by atomic mass is 32.2. The molecule has 0 spiro atoms. The minimum absolute atomic E-state index is 0.101. The number of thiazole rings is 1. The number of nitrogens with two attached hydrogens (primary N) is 1. The second-order valence-corrected chi connectivity index (χ2v) is 6.80. The monoisotopic (exact) mass is 299 g/mol. The second kappa shape index (κ2) is 5.61. The van der Waals surface area contributed by atoms with Crippen LogP contribution < -0.4 is 16.0 Å². The molecule has 2 heterocycles. The van der Waals surface area contributed by atoms with Crippen molar-refractivity contribution in [2.75, 3.05) is 5.43 Å². The van der Waals surface area contributed by atoms with Gasteiger partial charge in [0.15, 0.2) is 0 Å². The summed E-state index contributed by atoms with van der Waals surface area (Å²) in [6, 6.07) is 2.76. The summed E-state index contributed by atoms with van der Waals surface area (Å²) in [5.41, 5.74) is 2.30. The van der Waals surface area contributed by atoms with E-state index in [0.717, 1.165) is 4.88 Å². The molecule has 0 radical (unpaired) electrons. The van der Waals surface area contributed by atoms with Crippen molar-refractivity contribution >= 4 is 27.2 Å². The molecule has 0 aliphatic carbocycles. The Bertz CT molecular complexity index is 668. The summed E-state index contributed by atoms with van der Waals surface area (Å²) in [4.78, 5) is 9.08. The average molecular weight is 299 g/mol. The maximum absolute atomic E-state index is 12.0. The highest BCUT2D eigenvalue weighted by molar-refractivity contribution is 7.89. The normalized spacial score (nSPS) is 11.5. The zero-order valence-corrected chi connectivity index (χ0v) is 11.8. The van der Waals surface area contributed by atoms with Gasteiger partial charge in [-0.15, -0.1) is 11.3 Å². The first kappa shape index (κ1) is 13.9. The molecule has 2 rings (SSSR count). The van der Waals surface area contributed by atoms with Crippen LogP contribution in [0.5, 0.6) is 0 Å². The van der Waals surface area contributed by atoms with Crippen LogP contribution >= 0.6 is 11.3 Å². The molecular formula is C10H13N5O2S2. The summed E-state index contributed by atoms with van der Waals surface area (Å²) >= 11 is 1.45. The van der Waals surface area contributed by atoms with Crippen molar-refractivity contribution in [3.8, 4) is 0 Å². The number of aromatic nitrogens is 2. The predicted octanol–water partition coefficient (Wildman–Crippen LogP) is 0.611. The molecule has 0 fully saturated rings. The molecule has 102 valence electrons. The van der Waals surface area contributed by atoms with Crippen molar-refractivity contribution in [3.63, 3.8) is 0 Å². The smallest absolute Gasteiger partial charge is 0.241 e. The molecule has 0 atom stereocenters. The summed E-state index contributed by atoms with van der Waals surface area (Å²) in [6.45, 7) is 2.08. The number of anilines is 1. The fourth-order valence-electron chi connectivity index (χ4n) is 1.38. The molecule has 0 unspecified atom stereocenters. The van der Waals surface area contributed by atoms with Gasteiger partial charge in [-0.05, 0) is 13.0 Å². The molecule has 2 aromatic rings. The summed E-state index contributed by atoms with van der Waals surface area (Å²) in [5.74, 6) is 5.48. The maximum Gasteiger partial charge on any atom is 0.241 e. The SMILES string of the molecule is Cc1cnc(CNS(=O)(=O)c2ccnc(NN)c2)s1. The van der Waals surface area contributed by atoms with E-state index in [1.54, 1.807) is 6.20 Å². The van der Waals surface area contributed by atoms with Gasteiger partial charge in [-0.2, -0.15) is 0 Å². The minimum atomic E-state index is -3.60. The van der Waals surface area contributed by atoms with Gasteiger partial charge in [-0.3, -0.25) is 0 Å². The third-order valence-electron chi connectivity index (χ3n) is 2.27. The highest BCUT2D eigenvalue weighted by Gasteiger charge is 2.15. The van der Waals surface area contributed by atoms with Crippen LogP contribution in [0.15, 0.2) is 29.4 Å². The Kier molecular flexibility index (Phi) is 4.10. The van der Waals surface area contributed by atoms with Gasteiger partial charge in [0.25, 0.3) is 0 Å². The average Bonchev–Trinajstić information content (AvgIpc) is 2.82. The van der Waals surface area contributed by atoms with E-state index < -0.39 is 10.0 Å². The molecule has 9 heteroatoms. The Hall–Kier alpha value is -1.55. The molecule has 0 aliphatic heterocycles. The summed E-state index contributed by atoms with van der Waals surface area (Å²) in [7, 11) is -3.60. The van der Waals surface area contributed by atoms with Crippen molar-refractivity contribution < 1.29 is 8.42 Å². The molecule has 0 saturated carbocycles. The molecule has 0 aromatic carbocycles. The van der Waals surface area contributed by atoms with E-state index in [2.05, 4.69) is 20.1 Å². The van der Waals surface area contributed by atoms with Gasteiger partial charge in [0.2, 0.25) is 10.0 Å². The van der Waals surface area contributed by atoms with Crippen molar-refractivity contribution in [2.45, 2.75) is 18.4 Å². The quantitative estimate of drug-likeness (QED) is 0.551. The lowest BCUT2D eigenvalue weighted by molar-refractivity contribution is 0.581. The van der Waals surface area contributed by atoms with Crippen LogP contribution in [0, 0.1) is 6.92 Å². The maximum atomic E-state index is 12.0. The van der Waals surface area contributed by atoms with Crippen LogP contribution in [0.2, 0.25) is 0 Å². The number of nitrogen functional groups attached to an aromatic ring is 1. The number of nitrogens with one attached hydrogen (secondary N) is 2. The number of sulfonamides is 1. The van der Waals surface area contributed by atoms with Gasteiger partial charge in [0, 0.05) is 23.3 Å². The van der Waals surface area contributed by atoms with Crippen LogP contribution in [0.1, 0.15) is 9.88 Å². The lowest BCUT2D eigenvalue weighted by Gasteiger charge is -2.06. The number of nitrogens with zero attached hydrogens (tertiary/aromatic N) is 2. The van der Waals surface area contributed by atoms with E-state index in [1.807, 2.05) is 6.92 Å². The van der Waals surface area contributed by atoms with E-state index >= 15 is 0 Å². The van der Waals surface area contributed by atoms with Gasteiger partial charge >= 0.3 is 0 Å². The standard InChI is InChI=1S/C10H13N5O2S2/c1-7-5-13-10(18-7)6-14-19(16,17)8-2-3-12-9(4-8)15-11/h2-5,14H,6,11H2,1H3,(H,12,15). The lowest BCUT2D eigenvalue weighted by Crippen LogP contribution is -2.23. The van der Waals surface area contributed by atoms with E-state index in [0.29, 0.717) is 5.01 Å². The van der Waals surface area contributed by atoms with Crippen molar-refractivity contribution in [1.29, 1.82) is 0 Å². The molecule has 2 aromatic heterocycles. The van der Waals surface area contributed by atoms with Gasteiger partial charge < -0.3 is 5.43 Å². The molecule has 0 bridgehead atoms. The number of hydrogen-bond acceptors (Lipinski definition) is 7. The predicted molar refractivity (Wildman–Crippen MR) is 72.9 cm³/mol. The zero-order valence-electron chi connectivity index (χ0n) is 10.1. The molecule has 7 nitrogen and oxygen atoms in total.